The van der Waals surface area contributed by atoms with Crippen molar-refractivity contribution in [1.29, 1.82) is 0 Å². The van der Waals surface area contributed by atoms with Gasteiger partial charge in [-0.1, -0.05) is 5.16 Å². The number of hydrogen-bond acceptors (Lipinski definition) is 5. The van der Waals surface area contributed by atoms with Gasteiger partial charge in [0.1, 0.15) is 17.3 Å². The van der Waals surface area contributed by atoms with Crippen molar-refractivity contribution in [3.05, 3.63) is 41.0 Å². The Balaban J connectivity index is 2.18. The summed E-state index contributed by atoms with van der Waals surface area (Å²) in [6, 6.07) is 1.46. The number of carboxylic acid groups (broad SMARTS) is 1. The highest BCUT2D eigenvalue weighted by Crippen LogP contribution is 2.21. The number of benzene rings is 1. The molecule has 0 spiro atoms. The van der Waals surface area contributed by atoms with Crippen LogP contribution < -0.4 is 5.32 Å². The van der Waals surface area contributed by atoms with Crippen molar-refractivity contribution in [2.75, 3.05) is 5.32 Å². The fourth-order valence-electron chi connectivity index (χ4n) is 1.45. The summed E-state index contributed by atoms with van der Waals surface area (Å²) in [5, 5.41) is 14.6. The van der Waals surface area contributed by atoms with Crippen molar-refractivity contribution < 1.29 is 23.2 Å². The van der Waals surface area contributed by atoms with Crippen LogP contribution >= 0.6 is 0 Å². The second kappa shape index (κ2) is 5.01. The van der Waals surface area contributed by atoms with Crippen molar-refractivity contribution in [2.24, 2.45) is 0 Å². The molecule has 0 bridgehead atoms. The van der Waals surface area contributed by atoms with E-state index < -0.39 is 28.9 Å². The van der Waals surface area contributed by atoms with Gasteiger partial charge in [-0.25, -0.2) is 13.6 Å². The zero-order chi connectivity index (χ0) is 14.0. The summed E-state index contributed by atoms with van der Waals surface area (Å²) < 4.78 is 31.8. The first-order chi connectivity index (χ1) is 8.97. The van der Waals surface area contributed by atoms with Crippen molar-refractivity contribution >= 4 is 11.7 Å². The number of nitrogens with zero attached hydrogens (tertiary/aromatic N) is 2. The summed E-state index contributed by atoms with van der Waals surface area (Å²) in [7, 11) is 0. The summed E-state index contributed by atoms with van der Waals surface area (Å²) in [6.45, 7) is 1.54. The number of carbonyl (C=O) groups is 1. The quantitative estimate of drug-likeness (QED) is 0.882. The largest absolute Gasteiger partial charge is 0.478 e. The minimum Gasteiger partial charge on any atom is -0.478 e. The van der Waals surface area contributed by atoms with E-state index in [0.29, 0.717) is 5.89 Å². The van der Waals surface area contributed by atoms with Crippen LogP contribution in [0.3, 0.4) is 0 Å². The second-order valence-corrected chi connectivity index (χ2v) is 3.70. The first-order valence-electron chi connectivity index (χ1n) is 5.23. The Kier molecular flexibility index (Phi) is 3.41. The molecule has 0 aliphatic rings. The molecule has 19 heavy (non-hydrogen) atoms. The minimum atomic E-state index is -1.40. The predicted molar refractivity (Wildman–Crippen MR) is 59.7 cm³/mol. The molecule has 0 saturated heterocycles. The van der Waals surface area contributed by atoms with Gasteiger partial charge in [0.05, 0.1) is 12.1 Å². The van der Waals surface area contributed by atoms with Crippen LogP contribution in [-0.2, 0) is 6.54 Å². The van der Waals surface area contributed by atoms with Crippen LogP contribution in [-0.4, -0.2) is 21.2 Å². The molecule has 1 aromatic carbocycles. The minimum absolute atomic E-state index is 0.0440. The average Bonchev–Trinajstić information content (AvgIpc) is 2.73. The highest BCUT2D eigenvalue weighted by atomic mass is 19.1. The highest BCUT2D eigenvalue weighted by Gasteiger charge is 2.15. The lowest BCUT2D eigenvalue weighted by Crippen LogP contribution is -2.07. The number of nitrogens with one attached hydrogen (secondary N) is 1. The van der Waals surface area contributed by atoms with E-state index in [1.807, 2.05) is 0 Å². The molecule has 100 valence electrons. The fraction of sp³-hybridized carbons (Fsp3) is 0.182. The van der Waals surface area contributed by atoms with Crippen LogP contribution in [0.2, 0.25) is 0 Å². The molecule has 0 saturated carbocycles. The van der Waals surface area contributed by atoms with Crippen molar-refractivity contribution in [2.45, 2.75) is 13.5 Å². The van der Waals surface area contributed by atoms with Crippen molar-refractivity contribution in [3.63, 3.8) is 0 Å². The topological polar surface area (TPSA) is 88.2 Å². The smallest absolute Gasteiger partial charge is 0.335 e. The molecule has 0 fully saturated rings. The zero-order valence-corrected chi connectivity index (χ0v) is 9.78. The van der Waals surface area contributed by atoms with Crippen LogP contribution in [0.4, 0.5) is 14.5 Å². The van der Waals surface area contributed by atoms with Crippen molar-refractivity contribution in [3.8, 4) is 0 Å². The summed E-state index contributed by atoms with van der Waals surface area (Å²) >= 11 is 0. The van der Waals surface area contributed by atoms with Gasteiger partial charge in [0.15, 0.2) is 5.82 Å². The first kappa shape index (κ1) is 12.9. The monoisotopic (exact) mass is 269 g/mol. The number of halogens is 2. The maximum absolute atomic E-state index is 13.5. The number of hydrogen-bond donors (Lipinski definition) is 2. The highest BCUT2D eigenvalue weighted by molar-refractivity contribution is 5.88. The van der Waals surface area contributed by atoms with Gasteiger partial charge in [-0.05, 0) is 12.1 Å². The maximum atomic E-state index is 13.5. The van der Waals surface area contributed by atoms with E-state index in [1.165, 1.54) is 0 Å². The van der Waals surface area contributed by atoms with E-state index in [4.69, 9.17) is 9.63 Å². The number of aromatic carboxylic acids is 1. The van der Waals surface area contributed by atoms with E-state index in [1.54, 1.807) is 6.92 Å². The van der Waals surface area contributed by atoms with E-state index in [2.05, 4.69) is 15.5 Å². The van der Waals surface area contributed by atoms with Crippen LogP contribution in [0.5, 0.6) is 0 Å². The molecule has 2 N–H and O–H groups in total. The van der Waals surface area contributed by atoms with E-state index in [0.717, 1.165) is 12.1 Å². The average molecular weight is 269 g/mol. The van der Waals surface area contributed by atoms with Crippen LogP contribution in [0.25, 0.3) is 0 Å². The van der Waals surface area contributed by atoms with Crippen LogP contribution in [0.1, 0.15) is 22.1 Å². The molecule has 0 amide bonds. The van der Waals surface area contributed by atoms with Crippen molar-refractivity contribution in [1.82, 2.24) is 10.1 Å². The summed E-state index contributed by atoms with van der Waals surface area (Å²) in [5.41, 5.74) is -0.900. The molecule has 2 aromatic rings. The van der Waals surface area contributed by atoms with E-state index in [-0.39, 0.29) is 12.4 Å². The Hall–Kier alpha value is -2.51. The molecular weight excluding hydrogens is 260 g/mol. The van der Waals surface area contributed by atoms with Crippen LogP contribution in [0, 0.1) is 18.6 Å². The Morgan fingerprint density at radius 3 is 2.53 bits per heavy atom. The van der Waals surface area contributed by atoms with Gasteiger partial charge in [-0.15, -0.1) is 0 Å². The fourth-order valence-corrected chi connectivity index (χ4v) is 1.45. The molecule has 8 heteroatoms. The molecule has 2 rings (SSSR count). The number of aryl methyl sites for hydroxylation is 1. The molecule has 6 nitrogen and oxygen atoms in total. The molecule has 0 radical (unpaired) electrons. The lowest BCUT2D eigenvalue weighted by molar-refractivity contribution is 0.0696. The van der Waals surface area contributed by atoms with Crippen LogP contribution in [0.15, 0.2) is 16.7 Å². The summed E-state index contributed by atoms with van der Waals surface area (Å²) in [4.78, 5) is 14.5. The zero-order valence-electron chi connectivity index (χ0n) is 9.78. The van der Waals surface area contributed by atoms with Gasteiger partial charge in [0.2, 0.25) is 5.89 Å². The molecule has 0 atom stereocenters. The molecule has 0 unspecified atom stereocenters. The molecule has 1 aromatic heterocycles. The Morgan fingerprint density at radius 1 is 1.42 bits per heavy atom. The molecule has 0 aliphatic carbocycles. The summed E-state index contributed by atoms with van der Waals surface area (Å²) in [6.07, 6.45) is 0. The third kappa shape index (κ3) is 2.84. The number of anilines is 1. The Labute approximate surface area is 106 Å². The lowest BCUT2D eigenvalue weighted by Gasteiger charge is -2.07. The van der Waals surface area contributed by atoms with Gasteiger partial charge in [0.25, 0.3) is 0 Å². The number of aromatic nitrogens is 2. The Morgan fingerprint density at radius 2 is 2.05 bits per heavy atom. The van der Waals surface area contributed by atoms with Gasteiger partial charge in [-0.2, -0.15) is 4.98 Å². The first-order valence-corrected chi connectivity index (χ1v) is 5.23. The number of carboxylic acids is 1. The summed E-state index contributed by atoms with van der Waals surface area (Å²) in [5.74, 6) is -2.84. The maximum Gasteiger partial charge on any atom is 0.335 e. The standard InChI is InChI=1S/C11H9F2N3O3/c1-5-15-9(16-19-5)4-14-10-7(12)2-6(11(17)18)3-8(10)13/h2-3,14H,4H2,1H3,(H,17,18). The molecule has 1 heterocycles. The van der Waals surface area contributed by atoms with Gasteiger partial charge < -0.3 is 14.9 Å². The van der Waals surface area contributed by atoms with Gasteiger partial charge >= 0.3 is 5.97 Å². The molecule has 0 aliphatic heterocycles. The number of rotatable bonds is 4. The SMILES string of the molecule is Cc1nc(CNc2c(F)cc(C(=O)O)cc2F)no1. The third-order valence-corrected chi connectivity index (χ3v) is 2.28. The van der Waals surface area contributed by atoms with Gasteiger partial charge in [-0.3, -0.25) is 0 Å². The van der Waals surface area contributed by atoms with E-state index >= 15 is 0 Å². The molecular formula is C11H9F2N3O3. The normalized spacial score (nSPS) is 10.5. The second-order valence-electron chi connectivity index (χ2n) is 3.70. The van der Waals surface area contributed by atoms with E-state index in [9.17, 15) is 13.6 Å². The van der Waals surface area contributed by atoms with Gasteiger partial charge in [0, 0.05) is 6.92 Å². The third-order valence-electron chi connectivity index (χ3n) is 2.28. The lowest BCUT2D eigenvalue weighted by atomic mass is 10.2. The Bertz CT molecular complexity index is 604. The predicted octanol–water partition coefficient (Wildman–Crippen LogP) is 1.97.